The van der Waals surface area contributed by atoms with Crippen molar-refractivity contribution >= 4 is 33.4 Å². The number of hydrogen-bond acceptors (Lipinski definition) is 5. The van der Waals surface area contributed by atoms with Crippen molar-refractivity contribution in [3.05, 3.63) is 48.4 Å². The summed E-state index contributed by atoms with van der Waals surface area (Å²) in [6.45, 7) is 4.33. The van der Waals surface area contributed by atoms with Gasteiger partial charge in [0.2, 0.25) is 15.9 Å². The summed E-state index contributed by atoms with van der Waals surface area (Å²) in [4.78, 5) is 14.2. The highest BCUT2D eigenvalue weighted by atomic mass is 32.2. The van der Waals surface area contributed by atoms with Gasteiger partial charge in [0, 0.05) is 33.3 Å². The van der Waals surface area contributed by atoms with E-state index in [1.165, 1.54) is 22.7 Å². The van der Waals surface area contributed by atoms with Crippen LogP contribution >= 0.6 is 0 Å². The number of carbonyl (C=O) groups is 1. The fourth-order valence-corrected chi connectivity index (χ4v) is 4.08. The van der Waals surface area contributed by atoms with Gasteiger partial charge in [0.15, 0.2) is 0 Å². The van der Waals surface area contributed by atoms with Crippen LogP contribution < -0.4 is 10.2 Å². The topological polar surface area (TPSA) is 82.9 Å². The molecule has 146 valence electrons. The molecule has 1 N–H and O–H groups in total. The van der Waals surface area contributed by atoms with E-state index >= 15 is 0 Å². The number of sulfonamides is 1. The van der Waals surface area contributed by atoms with Crippen LogP contribution in [-0.4, -0.2) is 45.8 Å². The minimum Gasteiger partial charge on any atom is -0.465 e. The van der Waals surface area contributed by atoms with Crippen molar-refractivity contribution in [2.75, 3.05) is 37.4 Å². The second-order valence-corrected chi connectivity index (χ2v) is 7.94. The van der Waals surface area contributed by atoms with Crippen LogP contribution in [0.3, 0.4) is 0 Å². The zero-order valence-corrected chi connectivity index (χ0v) is 16.8. The monoisotopic (exact) mass is 391 g/mol. The molecule has 2 aromatic rings. The Morgan fingerprint density at radius 2 is 1.89 bits per heavy atom. The molecule has 0 fully saturated rings. The molecular weight excluding hydrogens is 366 g/mol. The molecule has 1 aromatic heterocycles. The van der Waals surface area contributed by atoms with Crippen molar-refractivity contribution in [3.63, 3.8) is 0 Å². The Morgan fingerprint density at radius 3 is 2.44 bits per heavy atom. The summed E-state index contributed by atoms with van der Waals surface area (Å²) in [5.41, 5.74) is 1.12. The molecule has 0 atom stereocenters. The third-order valence-electron chi connectivity index (χ3n) is 3.99. The zero-order valence-electron chi connectivity index (χ0n) is 16.0. The molecule has 1 aromatic carbocycles. The Hall–Kier alpha value is -2.58. The number of anilines is 2. The number of hydrogen-bond donors (Lipinski definition) is 1. The van der Waals surface area contributed by atoms with Crippen molar-refractivity contribution in [3.8, 4) is 0 Å². The normalized spacial score (nSPS) is 11.9. The molecule has 0 unspecified atom stereocenters. The molecule has 1 heterocycles. The Morgan fingerprint density at radius 1 is 1.19 bits per heavy atom. The number of nitrogens with one attached hydrogen (secondary N) is 1. The van der Waals surface area contributed by atoms with Gasteiger partial charge in [-0.1, -0.05) is 13.8 Å². The molecule has 7 nitrogen and oxygen atoms in total. The molecule has 0 aliphatic carbocycles. The highest BCUT2D eigenvalue weighted by Gasteiger charge is 2.23. The molecule has 0 aliphatic rings. The maximum Gasteiger partial charge on any atom is 0.248 e. The van der Waals surface area contributed by atoms with E-state index in [1.807, 2.05) is 14.1 Å². The second-order valence-electron chi connectivity index (χ2n) is 6.00. The van der Waals surface area contributed by atoms with Crippen LogP contribution in [-0.2, 0) is 14.8 Å². The number of benzene rings is 1. The number of rotatable bonds is 8. The highest BCUT2D eigenvalue weighted by Crippen LogP contribution is 2.29. The van der Waals surface area contributed by atoms with Gasteiger partial charge in [0.1, 0.15) is 5.76 Å². The van der Waals surface area contributed by atoms with Crippen molar-refractivity contribution < 1.29 is 17.6 Å². The Bertz CT molecular complexity index is 899. The molecule has 0 saturated heterocycles. The van der Waals surface area contributed by atoms with E-state index in [4.69, 9.17) is 4.42 Å². The second kappa shape index (κ2) is 8.88. The van der Waals surface area contributed by atoms with Crippen LogP contribution in [0.15, 0.2) is 52.0 Å². The van der Waals surface area contributed by atoms with Gasteiger partial charge in [-0.25, -0.2) is 8.42 Å². The summed E-state index contributed by atoms with van der Waals surface area (Å²) < 4.78 is 32.1. The fraction of sp³-hybridized carbons (Fsp3) is 0.316. The minimum absolute atomic E-state index is 0.141. The maximum absolute atomic E-state index is 12.8. The first-order chi connectivity index (χ1) is 12.8. The lowest BCUT2D eigenvalue weighted by Crippen LogP contribution is -2.30. The molecule has 0 bridgehead atoms. The zero-order chi connectivity index (χ0) is 20.0. The summed E-state index contributed by atoms with van der Waals surface area (Å²) >= 11 is 0. The molecule has 0 aliphatic heterocycles. The van der Waals surface area contributed by atoms with Crippen LogP contribution in [0.1, 0.15) is 19.6 Å². The van der Waals surface area contributed by atoms with Gasteiger partial charge in [-0.15, -0.1) is 0 Å². The predicted octanol–water partition coefficient (Wildman–Crippen LogP) is 3.03. The van der Waals surface area contributed by atoms with Gasteiger partial charge in [-0.2, -0.15) is 4.31 Å². The SMILES string of the molecule is CCN(CC)S(=O)(=O)c1ccc(N(C)C)c(NC(=O)/C=C/c2ccco2)c1. The quantitative estimate of drug-likeness (QED) is 0.700. The van der Waals surface area contributed by atoms with E-state index in [0.29, 0.717) is 30.2 Å². The Kier molecular flexibility index (Phi) is 6.81. The molecular formula is C19H25N3O4S. The standard InChI is InChI=1S/C19H25N3O4S/c1-5-22(6-2)27(24,25)16-10-11-18(21(3)4)17(14-16)20-19(23)12-9-15-8-7-13-26-15/h7-14H,5-6H2,1-4H3,(H,20,23)/b12-9+. The summed E-state index contributed by atoms with van der Waals surface area (Å²) in [5, 5.41) is 2.75. The van der Waals surface area contributed by atoms with Crippen molar-refractivity contribution in [2.24, 2.45) is 0 Å². The first kappa shape index (κ1) is 20.7. The van der Waals surface area contributed by atoms with Crippen LogP contribution in [0.2, 0.25) is 0 Å². The van der Waals surface area contributed by atoms with Gasteiger partial charge in [-0.05, 0) is 36.4 Å². The summed E-state index contributed by atoms with van der Waals surface area (Å²) in [6.07, 6.45) is 4.40. The minimum atomic E-state index is -3.62. The third-order valence-corrected chi connectivity index (χ3v) is 6.04. The lowest BCUT2D eigenvalue weighted by molar-refractivity contribution is -0.111. The first-order valence-corrected chi connectivity index (χ1v) is 10.1. The Labute approximate surface area is 160 Å². The van der Waals surface area contributed by atoms with E-state index in [9.17, 15) is 13.2 Å². The van der Waals surface area contributed by atoms with Crippen molar-refractivity contribution in [2.45, 2.75) is 18.7 Å². The van der Waals surface area contributed by atoms with E-state index in [2.05, 4.69) is 5.32 Å². The first-order valence-electron chi connectivity index (χ1n) is 8.63. The maximum atomic E-state index is 12.8. The van der Waals surface area contributed by atoms with E-state index < -0.39 is 10.0 Å². The van der Waals surface area contributed by atoms with Crippen LogP contribution in [0.4, 0.5) is 11.4 Å². The van der Waals surface area contributed by atoms with Crippen LogP contribution in [0.25, 0.3) is 6.08 Å². The van der Waals surface area contributed by atoms with Crippen LogP contribution in [0, 0.1) is 0 Å². The van der Waals surface area contributed by atoms with E-state index in [0.717, 1.165) is 0 Å². The largest absolute Gasteiger partial charge is 0.465 e. The lowest BCUT2D eigenvalue weighted by Gasteiger charge is -2.22. The smallest absolute Gasteiger partial charge is 0.248 e. The highest BCUT2D eigenvalue weighted by molar-refractivity contribution is 7.89. The summed E-state index contributed by atoms with van der Waals surface area (Å²) in [7, 11) is 0.0241. The average Bonchev–Trinajstić information content (AvgIpc) is 3.14. The van der Waals surface area contributed by atoms with Gasteiger partial charge in [0.05, 0.1) is 22.5 Å². The Balaban J connectivity index is 2.34. The number of furan rings is 1. The summed E-state index contributed by atoms with van der Waals surface area (Å²) in [6, 6.07) is 8.18. The fourth-order valence-electron chi connectivity index (χ4n) is 2.60. The molecule has 27 heavy (non-hydrogen) atoms. The average molecular weight is 391 g/mol. The molecule has 0 radical (unpaired) electrons. The third kappa shape index (κ3) is 4.99. The van der Waals surface area contributed by atoms with Gasteiger partial charge in [-0.3, -0.25) is 4.79 Å². The molecule has 1 amide bonds. The van der Waals surface area contributed by atoms with E-state index in [-0.39, 0.29) is 10.8 Å². The van der Waals surface area contributed by atoms with Crippen LogP contribution in [0.5, 0.6) is 0 Å². The molecule has 0 spiro atoms. The van der Waals surface area contributed by atoms with Gasteiger partial charge < -0.3 is 14.6 Å². The van der Waals surface area contributed by atoms with Crippen molar-refractivity contribution in [1.82, 2.24) is 4.31 Å². The number of carbonyl (C=O) groups excluding carboxylic acids is 1. The molecule has 2 rings (SSSR count). The molecule has 0 saturated carbocycles. The van der Waals surface area contributed by atoms with Crippen molar-refractivity contribution in [1.29, 1.82) is 0 Å². The van der Waals surface area contributed by atoms with Gasteiger partial charge >= 0.3 is 0 Å². The van der Waals surface area contributed by atoms with Gasteiger partial charge in [0.25, 0.3) is 0 Å². The van der Waals surface area contributed by atoms with E-state index in [1.54, 1.807) is 49.1 Å². The molecule has 8 heteroatoms. The predicted molar refractivity (Wildman–Crippen MR) is 107 cm³/mol. The lowest BCUT2D eigenvalue weighted by atomic mass is 10.2. The number of nitrogens with zero attached hydrogens (tertiary/aromatic N) is 2. The number of amides is 1. The summed E-state index contributed by atoms with van der Waals surface area (Å²) in [5.74, 6) is 0.169.